The van der Waals surface area contributed by atoms with Crippen LogP contribution in [0, 0.1) is 20.8 Å². The van der Waals surface area contributed by atoms with Crippen molar-refractivity contribution in [1.82, 2.24) is 4.98 Å². The molecule has 3 rings (SSSR count). The second kappa shape index (κ2) is 5.00. The van der Waals surface area contributed by atoms with Crippen LogP contribution in [0.15, 0.2) is 42.9 Å². The van der Waals surface area contributed by atoms with Crippen molar-refractivity contribution in [2.75, 3.05) is 0 Å². The smallest absolute Gasteiger partial charge is 0.283 e. The first-order valence-corrected chi connectivity index (χ1v) is 6.66. The number of ether oxygens (including phenoxy) is 2. The average molecular weight is 267 g/mol. The molecule has 20 heavy (non-hydrogen) atoms. The van der Waals surface area contributed by atoms with Crippen LogP contribution in [-0.2, 0) is 9.47 Å². The predicted molar refractivity (Wildman–Crippen MR) is 77.9 cm³/mol. The molecule has 1 aromatic heterocycles. The van der Waals surface area contributed by atoms with Crippen LogP contribution in [0.1, 0.15) is 28.7 Å². The summed E-state index contributed by atoms with van der Waals surface area (Å²) in [6.45, 7) is 6.35. The van der Waals surface area contributed by atoms with E-state index in [1.807, 2.05) is 18.2 Å². The molecule has 0 amide bonds. The largest absolute Gasteiger partial charge is 0.454 e. The fourth-order valence-electron chi connectivity index (χ4n) is 2.68. The third kappa shape index (κ3) is 2.27. The van der Waals surface area contributed by atoms with Crippen LogP contribution in [-0.4, -0.2) is 4.98 Å². The topological polar surface area (TPSA) is 31.4 Å². The lowest BCUT2D eigenvalue weighted by Crippen LogP contribution is -2.02. The molecule has 0 unspecified atom stereocenters. The Morgan fingerprint density at radius 1 is 0.950 bits per heavy atom. The summed E-state index contributed by atoms with van der Waals surface area (Å²) in [6, 6.07) is 10.3. The second-order valence-corrected chi connectivity index (χ2v) is 5.10. The average Bonchev–Trinajstić information content (AvgIpc) is 2.91. The van der Waals surface area contributed by atoms with Crippen molar-refractivity contribution in [3.05, 3.63) is 65.2 Å². The lowest BCUT2D eigenvalue weighted by atomic mass is 9.97. The Bertz CT molecular complexity index is 645. The van der Waals surface area contributed by atoms with Gasteiger partial charge in [0.2, 0.25) is 0 Å². The normalized spacial score (nSPS) is 14.2. The van der Waals surface area contributed by atoms with Crippen molar-refractivity contribution < 1.29 is 9.47 Å². The van der Waals surface area contributed by atoms with Gasteiger partial charge in [0, 0.05) is 5.56 Å². The molecule has 1 aliphatic rings. The molecule has 102 valence electrons. The van der Waals surface area contributed by atoms with Gasteiger partial charge in [0.1, 0.15) is 18.2 Å². The van der Waals surface area contributed by atoms with Crippen LogP contribution in [0.25, 0.3) is 11.3 Å². The summed E-state index contributed by atoms with van der Waals surface area (Å²) in [5, 5.41) is 0. The third-order valence-electron chi connectivity index (χ3n) is 3.41. The molecule has 0 saturated carbocycles. The van der Waals surface area contributed by atoms with E-state index >= 15 is 0 Å². The fraction of sp³-hybridized carbons (Fsp3) is 0.235. The van der Waals surface area contributed by atoms with Gasteiger partial charge in [-0.25, -0.2) is 4.98 Å². The maximum absolute atomic E-state index is 5.34. The summed E-state index contributed by atoms with van der Waals surface area (Å²) in [5.41, 5.74) is 6.66. The number of nitrogens with zero attached hydrogens (tertiary/aromatic N) is 1. The summed E-state index contributed by atoms with van der Waals surface area (Å²) in [5.74, 6) is 0. The summed E-state index contributed by atoms with van der Waals surface area (Å²) in [7, 11) is 0. The fourth-order valence-corrected chi connectivity index (χ4v) is 2.68. The Balaban J connectivity index is 2.04. The van der Waals surface area contributed by atoms with E-state index in [0.29, 0.717) is 0 Å². The van der Waals surface area contributed by atoms with Crippen molar-refractivity contribution >= 4 is 0 Å². The maximum Gasteiger partial charge on any atom is 0.283 e. The molecule has 2 aromatic rings. The standard InChI is InChI=1S/C17H17NO2/c1-11-9-12(2)16(13(3)10-11)14-5-4-6-15(18-14)17-19-7-8-20-17/h4-10,17H,1-3H3. The Morgan fingerprint density at radius 2 is 1.60 bits per heavy atom. The van der Waals surface area contributed by atoms with Gasteiger partial charge in [-0.2, -0.15) is 0 Å². The minimum absolute atomic E-state index is 0.430. The molecule has 2 heterocycles. The zero-order valence-corrected chi connectivity index (χ0v) is 11.9. The van der Waals surface area contributed by atoms with E-state index in [2.05, 4.69) is 37.9 Å². The molecular weight excluding hydrogens is 250 g/mol. The highest BCUT2D eigenvalue weighted by atomic mass is 16.7. The quantitative estimate of drug-likeness (QED) is 0.817. The van der Waals surface area contributed by atoms with Crippen LogP contribution in [0.5, 0.6) is 0 Å². The second-order valence-electron chi connectivity index (χ2n) is 5.10. The molecular formula is C17H17NO2. The molecule has 0 fully saturated rings. The van der Waals surface area contributed by atoms with E-state index in [1.165, 1.54) is 22.3 Å². The maximum atomic E-state index is 5.34. The van der Waals surface area contributed by atoms with E-state index in [1.54, 1.807) is 12.5 Å². The first kappa shape index (κ1) is 12.7. The van der Waals surface area contributed by atoms with Gasteiger partial charge < -0.3 is 9.47 Å². The Labute approximate surface area is 118 Å². The molecule has 1 aliphatic heterocycles. The molecule has 3 nitrogen and oxygen atoms in total. The van der Waals surface area contributed by atoms with Crippen LogP contribution < -0.4 is 0 Å². The molecule has 0 spiro atoms. The van der Waals surface area contributed by atoms with Crippen molar-refractivity contribution in [2.24, 2.45) is 0 Å². The van der Waals surface area contributed by atoms with Gasteiger partial charge in [-0.1, -0.05) is 23.8 Å². The predicted octanol–water partition coefficient (Wildman–Crippen LogP) is 4.19. The highest BCUT2D eigenvalue weighted by Gasteiger charge is 2.18. The minimum Gasteiger partial charge on any atom is -0.454 e. The third-order valence-corrected chi connectivity index (χ3v) is 3.41. The number of rotatable bonds is 2. The number of hydrogen-bond donors (Lipinski definition) is 0. The molecule has 0 saturated heterocycles. The van der Waals surface area contributed by atoms with Crippen molar-refractivity contribution in [2.45, 2.75) is 27.1 Å². The number of benzene rings is 1. The van der Waals surface area contributed by atoms with Crippen LogP contribution in [0.2, 0.25) is 0 Å². The van der Waals surface area contributed by atoms with Crippen LogP contribution in [0.3, 0.4) is 0 Å². The SMILES string of the molecule is Cc1cc(C)c(-c2cccc(C3OC=CO3)n2)c(C)c1. The zero-order valence-electron chi connectivity index (χ0n) is 11.9. The summed E-state index contributed by atoms with van der Waals surface area (Å²) in [4.78, 5) is 4.69. The Hall–Kier alpha value is -2.29. The van der Waals surface area contributed by atoms with Crippen molar-refractivity contribution in [3.8, 4) is 11.3 Å². The van der Waals surface area contributed by atoms with E-state index in [4.69, 9.17) is 9.47 Å². The van der Waals surface area contributed by atoms with Crippen LogP contribution in [0.4, 0.5) is 0 Å². The first-order valence-electron chi connectivity index (χ1n) is 6.66. The first-order chi connectivity index (χ1) is 9.65. The van der Waals surface area contributed by atoms with Gasteiger partial charge in [-0.3, -0.25) is 0 Å². The van der Waals surface area contributed by atoms with E-state index in [-0.39, 0.29) is 0 Å². The molecule has 0 atom stereocenters. The number of aryl methyl sites for hydroxylation is 3. The van der Waals surface area contributed by atoms with E-state index < -0.39 is 6.29 Å². The van der Waals surface area contributed by atoms with Gasteiger partial charge in [0.15, 0.2) is 0 Å². The van der Waals surface area contributed by atoms with Crippen molar-refractivity contribution in [3.63, 3.8) is 0 Å². The molecule has 0 radical (unpaired) electrons. The number of aromatic nitrogens is 1. The van der Waals surface area contributed by atoms with E-state index in [0.717, 1.165) is 11.4 Å². The van der Waals surface area contributed by atoms with E-state index in [9.17, 15) is 0 Å². The Kier molecular flexibility index (Phi) is 3.18. The molecule has 1 aromatic carbocycles. The van der Waals surface area contributed by atoms with Gasteiger partial charge in [-0.15, -0.1) is 0 Å². The number of hydrogen-bond acceptors (Lipinski definition) is 3. The molecule has 0 aliphatic carbocycles. The zero-order chi connectivity index (χ0) is 14.1. The van der Waals surface area contributed by atoms with Gasteiger partial charge in [0.05, 0.1) is 5.69 Å². The highest BCUT2D eigenvalue weighted by Crippen LogP contribution is 2.29. The molecule has 0 bridgehead atoms. The lowest BCUT2D eigenvalue weighted by Gasteiger charge is -2.14. The molecule has 3 heteroatoms. The summed E-state index contributed by atoms with van der Waals surface area (Å²) in [6.07, 6.45) is 2.66. The van der Waals surface area contributed by atoms with Crippen LogP contribution >= 0.6 is 0 Å². The number of pyridine rings is 1. The summed E-state index contributed by atoms with van der Waals surface area (Å²) < 4.78 is 10.7. The van der Waals surface area contributed by atoms with Gasteiger partial charge in [0.25, 0.3) is 6.29 Å². The Morgan fingerprint density at radius 3 is 2.25 bits per heavy atom. The minimum atomic E-state index is -0.430. The lowest BCUT2D eigenvalue weighted by molar-refractivity contribution is -0.0278. The molecule has 0 N–H and O–H groups in total. The monoisotopic (exact) mass is 267 g/mol. The van der Waals surface area contributed by atoms with Gasteiger partial charge in [-0.05, 0) is 44.0 Å². The summed E-state index contributed by atoms with van der Waals surface area (Å²) >= 11 is 0. The van der Waals surface area contributed by atoms with Gasteiger partial charge >= 0.3 is 0 Å². The van der Waals surface area contributed by atoms with Crippen molar-refractivity contribution in [1.29, 1.82) is 0 Å². The highest BCUT2D eigenvalue weighted by molar-refractivity contribution is 5.68.